The molecule has 1 aromatic carbocycles. The highest BCUT2D eigenvalue weighted by atomic mass is 16.3. The van der Waals surface area contributed by atoms with Gasteiger partial charge in [-0.1, -0.05) is 0 Å². The van der Waals surface area contributed by atoms with Crippen LogP contribution in [0.5, 0.6) is 0 Å². The predicted octanol–water partition coefficient (Wildman–Crippen LogP) is -0.731. The number of anilines is 2. The Labute approximate surface area is 112 Å². The summed E-state index contributed by atoms with van der Waals surface area (Å²) in [6.45, 7) is 0.819. The van der Waals surface area contributed by atoms with E-state index in [0.29, 0.717) is 18.8 Å². The first-order chi connectivity index (χ1) is 8.97. The molecule has 2 atom stereocenters. The van der Waals surface area contributed by atoms with Crippen molar-refractivity contribution < 1.29 is 15.0 Å². The van der Waals surface area contributed by atoms with Crippen molar-refractivity contribution in [3.63, 3.8) is 0 Å². The maximum absolute atomic E-state index is 12.1. The molecule has 104 valence electrons. The molecule has 6 heteroatoms. The number of rotatable bonds is 3. The summed E-state index contributed by atoms with van der Waals surface area (Å²) in [5.41, 5.74) is 7.01. The van der Waals surface area contributed by atoms with Gasteiger partial charge in [0.25, 0.3) is 0 Å². The zero-order valence-electron chi connectivity index (χ0n) is 10.9. The van der Waals surface area contributed by atoms with E-state index in [1.165, 1.54) is 4.90 Å². The van der Waals surface area contributed by atoms with Gasteiger partial charge in [0.05, 0.1) is 18.8 Å². The van der Waals surface area contributed by atoms with Crippen molar-refractivity contribution in [1.82, 2.24) is 4.90 Å². The number of nitrogens with two attached hydrogens (primary N) is 1. The van der Waals surface area contributed by atoms with Gasteiger partial charge in [0.15, 0.2) is 0 Å². The summed E-state index contributed by atoms with van der Waals surface area (Å²) in [6, 6.07) is 7.03. The van der Waals surface area contributed by atoms with Crippen LogP contribution in [-0.2, 0) is 4.79 Å². The van der Waals surface area contributed by atoms with E-state index in [4.69, 9.17) is 5.73 Å². The number of hydrogen-bond acceptors (Lipinski definition) is 5. The lowest BCUT2D eigenvalue weighted by Crippen LogP contribution is -2.38. The predicted molar refractivity (Wildman–Crippen MR) is 72.7 cm³/mol. The van der Waals surface area contributed by atoms with Crippen LogP contribution in [0.25, 0.3) is 0 Å². The number of carbonyl (C=O) groups is 1. The third kappa shape index (κ3) is 3.23. The van der Waals surface area contributed by atoms with Crippen LogP contribution in [0.2, 0.25) is 0 Å². The summed E-state index contributed by atoms with van der Waals surface area (Å²) in [4.78, 5) is 15.4. The van der Waals surface area contributed by atoms with Crippen molar-refractivity contribution in [2.24, 2.45) is 0 Å². The number of nitrogens with zero attached hydrogens (tertiary/aromatic N) is 2. The van der Waals surface area contributed by atoms with Gasteiger partial charge < -0.3 is 20.8 Å². The van der Waals surface area contributed by atoms with E-state index in [2.05, 4.69) is 0 Å². The molecule has 0 spiro atoms. The van der Waals surface area contributed by atoms with Gasteiger partial charge in [0, 0.05) is 31.5 Å². The van der Waals surface area contributed by atoms with Gasteiger partial charge in [-0.3, -0.25) is 9.69 Å². The number of nitrogen functional groups attached to an aromatic ring is 1. The smallest absolute Gasteiger partial charge is 0.240 e. The van der Waals surface area contributed by atoms with Gasteiger partial charge in [0.1, 0.15) is 0 Å². The van der Waals surface area contributed by atoms with Gasteiger partial charge >= 0.3 is 0 Å². The summed E-state index contributed by atoms with van der Waals surface area (Å²) in [5.74, 6) is -0.0916. The van der Waals surface area contributed by atoms with Gasteiger partial charge in [-0.15, -0.1) is 0 Å². The molecule has 6 nitrogen and oxygen atoms in total. The summed E-state index contributed by atoms with van der Waals surface area (Å²) < 4.78 is 0. The molecule has 1 fully saturated rings. The van der Waals surface area contributed by atoms with E-state index in [-0.39, 0.29) is 12.5 Å². The molecule has 1 amide bonds. The molecule has 2 unspecified atom stereocenters. The van der Waals surface area contributed by atoms with Crippen molar-refractivity contribution >= 4 is 17.3 Å². The second kappa shape index (κ2) is 5.56. The van der Waals surface area contributed by atoms with Crippen LogP contribution >= 0.6 is 0 Å². The Morgan fingerprint density at radius 3 is 2.37 bits per heavy atom. The Morgan fingerprint density at radius 2 is 1.84 bits per heavy atom. The highest BCUT2D eigenvalue weighted by Crippen LogP contribution is 2.16. The molecule has 1 aromatic rings. The molecule has 2 rings (SSSR count). The molecule has 1 heterocycles. The Balaban J connectivity index is 1.94. The lowest BCUT2D eigenvalue weighted by molar-refractivity contribution is -0.119. The topological polar surface area (TPSA) is 90.0 Å². The first-order valence-electron chi connectivity index (χ1n) is 6.18. The average Bonchev–Trinajstić information content (AvgIpc) is 2.68. The van der Waals surface area contributed by atoms with Crippen LogP contribution < -0.4 is 10.6 Å². The number of hydrogen-bond donors (Lipinski definition) is 3. The highest BCUT2D eigenvalue weighted by molar-refractivity contribution is 5.94. The molecule has 19 heavy (non-hydrogen) atoms. The fraction of sp³-hybridized carbons (Fsp3) is 0.462. The maximum Gasteiger partial charge on any atom is 0.240 e. The molecule has 4 N–H and O–H groups in total. The lowest BCUT2D eigenvalue weighted by Gasteiger charge is -2.21. The second-order valence-corrected chi connectivity index (χ2v) is 4.87. The fourth-order valence-electron chi connectivity index (χ4n) is 2.12. The zero-order chi connectivity index (χ0) is 14.0. The van der Waals surface area contributed by atoms with Crippen molar-refractivity contribution in [1.29, 1.82) is 0 Å². The standard InChI is InChI=1S/C13H19N3O3/c1-15(10-4-2-9(14)3-5-10)13(19)8-16-6-11(17)12(18)7-16/h2-5,11-12,17-18H,6-8,14H2,1H3. The molecule has 0 aromatic heterocycles. The minimum Gasteiger partial charge on any atom is -0.399 e. The molecule has 0 saturated carbocycles. The number of aliphatic hydroxyl groups is 2. The highest BCUT2D eigenvalue weighted by Gasteiger charge is 2.31. The zero-order valence-corrected chi connectivity index (χ0v) is 10.9. The number of benzene rings is 1. The van der Waals surface area contributed by atoms with Crippen LogP contribution in [-0.4, -0.2) is 59.9 Å². The molecule has 0 bridgehead atoms. The van der Waals surface area contributed by atoms with Crippen molar-refractivity contribution in [2.75, 3.05) is 37.3 Å². The molecule has 1 aliphatic heterocycles. The third-order valence-corrected chi connectivity index (χ3v) is 3.35. The minimum atomic E-state index is -0.769. The molecular weight excluding hydrogens is 246 g/mol. The Bertz CT molecular complexity index is 439. The van der Waals surface area contributed by atoms with E-state index < -0.39 is 12.2 Å². The van der Waals surface area contributed by atoms with Crippen LogP contribution in [0, 0.1) is 0 Å². The van der Waals surface area contributed by atoms with E-state index in [9.17, 15) is 15.0 Å². The van der Waals surface area contributed by atoms with Crippen molar-refractivity contribution in [2.45, 2.75) is 12.2 Å². The molecule has 0 aliphatic carbocycles. The Kier molecular flexibility index (Phi) is 4.04. The normalized spacial score (nSPS) is 23.5. The largest absolute Gasteiger partial charge is 0.399 e. The van der Waals surface area contributed by atoms with E-state index in [1.807, 2.05) is 0 Å². The fourth-order valence-corrected chi connectivity index (χ4v) is 2.12. The van der Waals surface area contributed by atoms with Gasteiger partial charge in [-0.2, -0.15) is 0 Å². The Hall–Kier alpha value is -1.63. The summed E-state index contributed by atoms with van der Waals surface area (Å²) >= 11 is 0. The van der Waals surface area contributed by atoms with Gasteiger partial charge in [-0.05, 0) is 24.3 Å². The molecule has 1 saturated heterocycles. The van der Waals surface area contributed by atoms with E-state index in [1.54, 1.807) is 36.2 Å². The minimum absolute atomic E-state index is 0.0916. The van der Waals surface area contributed by atoms with Gasteiger partial charge in [0.2, 0.25) is 5.91 Å². The average molecular weight is 265 g/mol. The summed E-state index contributed by atoms with van der Waals surface area (Å²) in [7, 11) is 1.69. The number of carbonyl (C=O) groups excluding carboxylic acids is 1. The van der Waals surface area contributed by atoms with Crippen LogP contribution in [0.3, 0.4) is 0 Å². The van der Waals surface area contributed by atoms with E-state index >= 15 is 0 Å². The second-order valence-electron chi connectivity index (χ2n) is 4.87. The van der Waals surface area contributed by atoms with Crippen molar-refractivity contribution in [3.8, 4) is 0 Å². The molecule has 0 radical (unpaired) electrons. The van der Waals surface area contributed by atoms with E-state index in [0.717, 1.165) is 5.69 Å². The summed E-state index contributed by atoms with van der Waals surface area (Å²) in [6.07, 6.45) is -1.54. The lowest BCUT2D eigenvalue weighted by atomic mass is 10.2. The van der Waals surface area contributed by atoms with Crippen molar-refractivity contribution in [3.05, 3.63) is 24.3 Å². The first kappa shape index (κ1) is 13.8. The monoisotopic (exact) mass is 265 g/mol. The Morgan fingerprint density at radius 1 is 1.32 bits per heavy atom. The first-order valence-corrected chi connectivity index (χ1v) is 6.18. The number of amides is 1. The molecule has 1 aliphatic rings. The van der Waals surface area contributed by atoms with Gasteiger partial charge in [-0.25, -0.2) is 0 Å². The number of β-amino-alcohol motifs (C(OH)–C–C–N with tert-alkyl or cyclic N) is 2. The SMILES string of the molecule is CN(C(=O)CN1CC(O)C(O)C1)c1ccc(N)cc1. The quantitative estimate of drug-likeness (QED) is 0.627. The van der Waals surface area contributed by atoms with Crippen LogP contribution in [0.4, 0.5) is 11.4 Å². The number of likely N-dealkylation sites (N-methyl/N-ethyl adjacent to an activating group) is 1. The third-order valence-electron chi connectivity index (χ3n) is 3.35. The van der Waals surface area contributed by atoms with Crippen LogP contribution in [0.1, 0.15) is 0 Å². The summed E-state index contributed by atoms with van der Waals surface area (Å²) in [5, 5.41) is 18.9. The number of aliphatic hydroxyl groups excluding tert-OH is 2. The maximum atomic E-state index is 12.1. The molecular formula is C13H19N3O3. The number of likely N-dealkylation sites (tertiary alicyclic amines) is 1. The van der Waals surface area contributed by atoms with Crippen LogP contribution in [0.15, 0.2) is 24.3 Å².